The van der Waals surface area contributed by atoms with Crippen molar-refractivity contribution in [3.63, 3.8) is 0 Å². The summed E-state index contributed by atoms with van der Waals surface area (Å²) in [6.45, 7) is 9.20. The zero-order valence-electron chi connectivity index (χ0n) is 9.45. The summed E-state index contributed by atoms with van der Waals surface area (Å²) >= 11 is 3.58. The first-order valence-corrected chi connectivity index (χ1v) is 6.52. The molecule has 1 nitrogen and oxygen atoms in total. The van der Waals surface area contributed by atoms with E-state index in [-0.39, 0.29) is 0 Å². The van der Waals surface area contributed by atoms with Crippen LogP contribution in [-0.2, 0) is 0 Å². The smallest absolute Gasteiger partial charge is 0.0363 e. The molecule has 2 heteroatoms. The molecule has 0 aromatic rings. The molecule has 0 saturated heterocycles. The summed E-state index contributed by atoms with van der Waals surface area (Å²) < 4.78 is 0. The summed E-state index contributed by atoms with van der Waals surface area (Å²) in [5, 5.41) is 0. The molecule has 1 aliphatic rings. The lowest BCUT2D eigenvalue weighted by Crippen LogP contribution is -2.27. The van der Waals surface area contributed by atoms with Crippen molar-refractivity contribution in [2.45, 2.75) is 24.6 Å². The van der Waals surface area contributed by atoms with Crippen molar-refractivity contribution < 1.29 is 0 Å². The average Bonchev–Trinajstić information content (AvgIpc) is 2.22. The third kappa shape index (κ3) is 4.80. The highest BCUT2D eigenvalue weighted by molar-refractivity contribution is 9.09. The number of allylic oxidation sites excluding steroid dienone is 2. The van der Waals surface area contributed by atoms with Crippen LogP contribution >= 0.6 is 15.9 Å². The zero-order chi connectivity index (χ0) is 11.1. The van der Waals surface area contributed by atoms with Gasteiger partial charge in [0.05, 0.1) is 0 Å². The number of hydrogen-bond acceptors (Lipinski definition) is 1. The molecule has 0 aromatic heterocycles. The highest BCUT2D eigenvalue weighted by atomic mass is 79.9. The van der Waals surface area contributed by atoms with Gasteiger partial charge in [0.25, 0.3) is 0 Å². The molecule has 0 aliphatic heterocycles. The molecule has 0 amide bonds. The van der Waals surface area contributed by atoms with Gasteiger partial charge in [0, 0.05) is 17.9 Å². The Balaban J connectivity index is 2.44. The van der Waals surface area contributed by atoms with Crippen molar-refractivity contribution in [1.82, 2.24) is 4.90 Å². The number of alkyl halides is 1. The second-order valence-electron chi connectivity index (χ2n) is 3.91. The van der Waals surface area contributed by atoms with Crippen molar-refractivity contribution in [2.24, 2.45) is 0 Å². The minimum atomic E-state index is 0.528. The van der Waals surface area contributed by atoms with E-state index in [1.165, 1.54) is 12.0 Å². The molecule has 15 heavy (non-hydrogen) atoms. The number of halogens is 1. The van der Waals surface area contributed by atoms with E-state index >= 15 is 0 Å². The van der Waals surface area contributed by atoms with Gasteiger partial charge in [-0.3, -0.25) is 4.90 Å². The van der Waals surface area contributed by atoms with Crippen molar-refractivity contribution in [1.29, 1.82) is 0 Å². The molecule has 0 bridgehead atoms. The fourth-order valence-corrected chi connectivity index (χ4v) is 2.09. The van der Waals surface area contributed by atoms with Gasteiger partial charge in [0.1, 0.15) is 0 Å². The molecule has 1 aliphatic carbocycles. The van der Waals surface area contributed by atoms with Crippen LogP contribution in [0.4, 0.5) is 0 Å². The Morgan fingerprint density at radius 1 is 1.67 bits per heavy atom. The molecule has 0 N–H and O–H groups in total. The van der Waals surface area contributed by atoms with E-state index in [0.29, 0.717) is 4.83 Å². The van der Waals surface area contributed by atoms with Gasteiger partial charge in [0.15, 0.2) is 0 Å². The van der Waals surface area contributed by atoms with Crippen LogP contribution in [0.1, 0.15) is 19.8 Å². The van der Waals surface area contributed by atoms with Crippen LogP contribution < -0.4 is 0 Å². The molecule has 0 spiro atoms. The molecule has 0 aromatic carbocycles. The first kappa shape index (κ1) is 12.7. The lowest BCUT2D eigenvalue weighted by atomic mass is 10.1. The fraction of sp³-hybridized carbons (Fsp3) is 0.538. The minimum Gasteiger partial charge on any atom is -0.295 e. The van der Waals surface area contributed by atoms with Gasteiger partial charge in [-0.1, -0.05) is 47.2 Å². The molecule has 0 fully saturated rings. The van der Waals surface area contributed by atoms with Gasteiger partial charge < -0.3 is 0 Å². The molecular weight excluding hydrogens is 250 g/mol. The third-order valence-electron chi connectivity index (χ3n) is 2.46. The van der Waals surface area contributed by atoms with Crippen LogP contribution in [0.15, 0.2) is 36.5 Å². The van der Waals surface area contributed by atoms with Crippen LogP contribution in [0, 0.1) is 0 Å². The fourth-order valence-electron chi connectivity index (χ4n) is 1.75. The van der Waals surface area contributed by atoms with Gasteiger partial charge in [-0.05, 0) is 25.0 Å². The Kier molecular flexibility index (Phi) is 5.96. The maximum atomic E-state index is 3.80. The van der Waals surface area contributed by atoms with E-state index in [1.807, 2.05) is 6.08 Å². The van der Waals surface area contributed by atoms with Gasteiger partial charge in [-0.25, -0.2) is 0 Å². The Morgan fingerprint density at radius 2 is 2.47 bits per heavy atom. The summed E-state index contributed by atoms with van der Waals surface area (Å²) in [6, 6.07) is 0. The number of hydrogen-bond donors (Lipinski definition) is 0. The molecule has 0 radical (unpaired) electrons. The molecule has 1 atom stereocenters. The predicted molar refractivity (Wildman–Crippen MR) is 71.5 cm³/mol. The van der Waals surface area contributed by atoms with E-state index in [1.54, 1.807) is 0 Å². The lowest BCUT2D eigenvalue weighted by Gasteiger charge is -2.22. The summed E-state index contributed by atoms with van der Waals surface area (Å²) in [6.07, 6.45) is 11.1. The van der Waals surface area contributed by atoms with Crippen LogP contribution in [0.2, 0.25) is 0 Å². The lowest BCUT2D eigenvalue weighted by molar-refractivity contribution is 0.330. The molecule has 1 unspecified atom stereocenters. The van der Waals surface area contributed by atoms with Crippen LogP contribution in [0.5, 0.6) is 0 Å². The largest absolute Gasteiger partial charge is 0.295 e. The number of rotatable bonds is 6. The summed E-state index contributed by atoms with van der Waals surface area (Å²) in [7, 11) is 0. The second-order valence-corrected chi connectivity index (χ2v) is 5.09. The van der Waals surface area contributed by atoms with Crippen molar-refractivity contribution >= 4 is 15.9 Å². The molecule has 0 heterocycles. The second kappa shape index (κ2) is 7.02. The molecule has 1 rings (SSSR count). The Hall–Kier alpha value is -0.340. The third-order valence-corrected chi connectivity index (χ3v) is 3.14. The Bertz CT molecular complexity index is 255. The molecular formula is C13H20BrN. The maximum Gasteiger partial charge on any atom is 0.0363 e. The topological polar surface area (TPSA) is 3.24 Å². The Labute approximate surface area is 102 Å². The van der Waals surface area contributed by atoms with Gasteiger partial charge in [0.2, 0.25) is 0 Å². The first-order valence-electron chi connectivity index (χ1n) is 5.60. The molecule has 0 saturated carbocycles. The summed E-state index contributed by atoms with van der Waals surface area (Å²) in [5.74, 6) is 0. The van der Waals surface area contributed by atoms with Crippen molar-refractivity contribution in [3.8, 4) is 0 Å². The van der Waals surface area contributed by atoms with Crippen LogP contribution in [0.3, 0.4) is 0 Å². The first-order chi connectivity index (χ1) is 7.26. The van der Waals surface area contributed by atoms with Gasteiger partial charge in [-0.15, -0.1) is 6.58 Å². The van der Waals surface area contributed by atoms with E-state index < -0.39 is 0 Å². The minimum absolute atomic E-state index is 0.528. The molecule has 84 valence electrons. The van der Waals surface area contributed by atoms with E-state index in [0.717, 1.165) is 26.1 Å². The normalized spacial score (nSPS) is 20.5. The summed E-state index contributed by atoms with van der Waals surface area (Å²) in [5.41, 5.74) is 1.43. The quantitative estimate of drug-likeness (QED) is 0.527. The monoisotopic (exact) mass is 269 g/mol. The SMILES string of the molecule is C=CCN(CCC)CC1=CCC(Br)C=C1. The predicted octanol–water partition coefficient (Wildman–Crippen LogP) is 3.53. The van der Waals surface area contributed by atoms with E-state index in [2.05, 4.69) is 52.6 Å². The van der Waals surface area contributed by atoms with Gasteiger partial charge in [-0.2, -0.15) is 0 Å². The van der Waals surface area contributed by atoms with Crippen LogP contribution in [-0.4, -0.2) is 29.4 Å². The van der Waals surface area contributed by atoms with Crippen molar-refractivity contribution in [3.05, 3.63) is 36.5 Å². The summed E-state index contributed by atoms with van der Waals surface area (Å²) in [4.78, 5) is 2.96. The van der Waals surface area contributed by atoms with Crippen molar-refractivity contribution in [2.75, 3.05) is 19.6 Å². The number of nitrogens with zero attached hydrogens (tertiary/aromatic N) is 1. The maximum absolute atomic E-state index is 3.80. The van der Waals surface area contributed by atoms with Crippen LogP contribution in [0.25, 0.3) is 0 Å². The highest BCUT2D eigenvalue weighted by Gasteiger charge is 2.08. The average molecular weight is 270 g/mol. The van der Waals surface area contributed by atoms with E-state index in [9.17, 15) is 0 Å². The zero-order valence-corrected chi connectivity index (χ0v) is 11.0. The highest BCUT2D eigenvalue weighted by Crippen LogP contribution is 2.17. The Morgan fingerprint density at radius 3 is 3.00 bits per heavy atom. The standard InChI is InChI=1S/C13H20BrN/c1-3-9-15(10-4-2)11-12-5-7-13(14)8-6-12/h3,5-7,13H,1,4,8-11H2,2H3. The van der Waals surface area contributed by atoms with E-state index in [4.69, 9.17) is 0 Å². The van der Waals surface area contributed by atoms with Gasteiger partial charge >= 0.3 is 0 Å².